The molecule has 0 saturated heterocycles. The lowest BCUT2D eigenvalue weighted by molar-refractivity contribution is -0.150. The third-order valence-electron chi connectivity index (χ3n) is 6.61. The van der Waals surface area contributed by atoms with Crippen LogP contribution in [0.5, 0.6) is 11.5 Å². The first-order chi connectivity index (χ1) is 21.6. The van der Waals surface area contributed by atoms with Crippen molar-refractivity contribution in [1.29, 1.82) is 10.5 Å². The second-order valence-electron chi connectivity index (χ2n) is 10.3. The van der Waals surface area contributed by atoms with Crippen LogP contribution >= 0.6 is 23.2 Å². The number of hydrogen-bond donors (Lipinski definition) is 0. The Morgan fingerprint density at radius 3 is 2.22 bits per heavy atom. The van der Waals surface area contributed by atoms with Gasteiger partial charge in [-0.05, 0) is 66.4 Å². The Morgan fingerprint density at radius 1 is 0.933 bits per heavy atom. The van der Waals surface area contributed by atoms with Gasteiger partial charge in [0, 0.05) is 30.4 Å². The lowest BCUT2D eigenvalue weighted by Crippen LogP contribution is -2.23. The molecule has 1 heterocycles. The molecule has 0 N–H and O–H groups in total. The van der Waals surface area contributed by atoms with E-state index in [1.807, 2.05) is 74.3 Å². The normalized spacial score (nSPS) is 12.1. The third kappa shape index (κ3) is 11.0. The molecule has 0 aliphatic rings. The fourth-order valence-electron chi connectivity index (χ4n) is 4.23. The summed E-state index contributed by atoms with van der Waals surface area (Å²) in [7, 11) is 1.87. The molecule has 4 aromatic rings. The lowest BCUT2D eigenvalue weighted by atomic mass is 9.88. The van der Waals surface area contributed by atoms with Gasteiger partial charge in [0.15, 0.2) is 0 Å². The Morgan fingerprint density at radius 2 is 1.62 bits per heavy atom. The molecule has 0 amide bonds. The Bertz CT molecular complexity index is 1650. The van der Waals surface area contributed by atoms with E-state index in [0.29, 0.717) is 39.6 Å². The number of amidine groups is 1. The Hall–Kier alpha value is -4.89. The molecule has 0 radical (unpaired) electrons. The highest BCUT2D eigenvalue weighted by Crippen LogP contribution is 2.31. The molecule has 0 fully saturated rings. The fraction of sp³-hybridized carbons (Fsp3) is 0.229. The van der Waals surface area contributed by atoms with Gasteiger partial charge in [0.1, 0.15) is 28.6 Å². The number of carbonyl (C=O) groups is 1. The predicted octanol–water partition coefficient (Wildman–Crippen LogP) is 8.75. The highest BCUT2D eigenvalue weighted by molar-refractivity contribution is 6.30. The molecule has 3 aromatic carbocycles. The second kappa shape index (κ2) is 17.4. The summed E-state index contributed by atoms with van der Waals surface area (Å²) in [6.07, 6.45) is 2.42. The predicted molar refractivity (Wildman–Crippen MR) is 176 cm³/mol. The summed E-state index contributed by atoms with van der Waals surface area (Å²) in [5.74, 6) is 0.962. The smallest absolute Gasteiger partial charge is 0.315 e. The van der Waals surface area contributed by atoms with Crippen LogP contribution in [0.2, 0.25) is 10.2 Å². The number of nitrogens with zero attached hydrogens (tertiary/aromatic N) is 5. The molecule has 230 valence electrons. The molecule has 0 spiro atoms. The maximum atomic E-state index is 13.0. The molecule has 1 aromatic heterocycles. The maximum absolute atomic E-state index is 13.0. The van der Waals surface area contributed by atoms with E-state index in [-0.39, 0.29) is 5.92 Å². The molecule has 0 aliphatic carbocycles. The number of aromatic nitrogens is 1. The van der Waals surface area contributed by atoms with Crippen LogP contribution in [0.4, 0.5) is 0 Å². The number of esters is 1. The summed E-state index contributed by atoms with van der Waals surface area (Å²) in [5.41, 5.74) is 2.38. The molecular formula is C35H33Cl2N5O3. The minimum Gasteiger partial charge on any atom is -0.457 e. The molecule has 10 heteroatoms. The Kier molecular flexibility index (Phi) is 13.4. The van der Waals surface area contributed by atoms with Crippen molar-refractivity contribution < 1.29 is 14.3 Å². The SMILES string of the molecule is C/C(=N\C#N)N(C)Cc1ccc(Cl)nc1.CC(C)C(C(=O)OC(C#N)c1cccc(Oc2ccccc2)c1)c1ccc(Cl)cc1. The van der Waals surface area contributed by atoms with Crippen LogP contribution in [0.15, 0.2) is 102 Å². The number of rotatable bonds is 9. The van der Waals surface area contributed by atoms with Crippen molar-refractivity contribution in [2.45, 2.75) is 39.3 Å². The monoisotopic (exact) mass is 641 g/mol. The van der Waals surface area contributed by atoms with E-state index in [1.165, 1.54) is 0 Å². The standard InChI is InChI=1S/C25H22ClNO3.C10H11ClN4/c1-17(2)24(18-11-13-20(26)14-12-18)25(28)30-23(16-27)19-7-6-10-22(15-19)29-21-8-4-3-5-9-21;1-8(14-7-12)15(2)6-9-3-4-10(11)13-5-9/h3-15,17,23-24H,1-2H3;3-5H,6H2,1-2H3/b;14-8+. The number of halogens is 2. The first-order valence-electron chi connectivity index (χ1n) is 14.0. The highest BCUT2D eigenvalue weighted by Gasteiger charge is 2.29. The van der Waals surface area contributed by atoms with Crippen LogP contribution < -0.4 is 4.74 Å². The van der Waals surface area contributed by atoms with Crippen molar-refractivity contribution in [2.75, 3.05) is 7.05 Å². The molecule has 8 nitrogen and oxygen atoms in total. The molecule has 2 atom stereocenters. The van der Waals surface area contributed by atoms with Crippen molar-refractivity contribution in [1.82, 2.24) is 9.88 Å². The van der Waals surface area contributed by atoms with Crippen molar-refractivity contribution in [2.24, 2.45) is 10.9 Å². The van der Waals surface area contributed by atoms with Gasteiger partial charge in [0.05, 0.1) is 5.92 Å². The summed E-state index contributed by atoms with van der Waals surface area (Å²) >= 11 is 11.6. The first kappa shape index (κ1) is 34.6. The first-order valence-corrected chi connectivity index (χ1v) is 14.8. The zero-order valence-electron chi connectivity index (χ0n) is 25.4. The van der Waals surface area contributed by atoms with Gasteiger partial charge < -0.3 is 14.4 Å². The molecule has 4 rings (SSSR count). The number of nitriles is 2. The molecular weight excluding hydrogens is 609 g/mol. The van der Waals surface area contributed by atoms with E-state index in [1.54, 1.807) is 61.8 Å². The molecule has 2 unspecified atom stereocenters. The highest BCUT2D eigenvalue weighted by atomic mass is 35.5. The Balaban J connectivity index is 0.000000309. The zero-order valence-corrected chi connectivity index (χ0v) is 26.9. The number of benzene rings is 3. The van der Waals surface area contributed by atoms with Gasteiger partial charge in [-0.2, -0.15) is 15.5 Å². The zero-order chi connectivity index (χ0) is 32.8. The minimum atomic E-state index is -1.04. The van der Waals surface area contributed by atoms with Crippen LogP contribution in [0.3, 0.4) is 0 Å². The van der Waals surface area contributed by atoms with Crippen molar-refractivity contribution in [3.05, 3.63) is 124 Å². The lowest BCUT2D eigenvalue weighted by Gasteiger charge is -2.22. The molecule has 0 aliphatic heterocycles. The summed E-state index contributed by atoms with van der Waals surface area (Å²) in [6.45, 7) is 6.32. The van der Waals surface area contributed by atoms with E-state index in [4.69, 9.17) is 37.9 Å². The van der Waals surface area contributed by atoms with E-state index in [9.17, 15) is 10.1 Å². The number of ether oxygens (including phenoxy) is 2. The van der Waals surface area contributed by atoms with Crippen molar-refractivity contribution >= 4 is 35.0 Å². The molecule has 0 saturated carbocycles. The minimum absolute atomic E-state index is 0.00855. The average Bonchev–Trinajstić information content (AvgIpc) is 3.03. The molecule has 45 heavy (non-hydrogen) atoms. The Labute approximate surface area is 274 Å². The van der Waals surface area contributed by atoms with Crippen LogP contribution in [-0.4, -0.2) is 28.7 Å². The van der Waals surface area contributed by atoms with E-state index < -0.39 is 18.0 Å². The van der Waals surface area contributed by atoms with E-state index in [0.717, 1.165) is 11.1 Å². The van der Waals surface area contributed by atoms with E-state index >= 15 is 0 Å². The van der Waals surface area contributed by atoms with Gasteiger partial charge in [0.25, 0.3) is 0 Å². The fourth-order valence-corrected chi connectivity index (χ4v) is 4.47. The quantitative estimate of drug-likeness (QED) is 0.0590. The van der Waals surface area contributed by atoms with Crippen molar-refractivity contribution in [3.8, 4) is 23.8 Å². The summed E-state index contributed by atoms with van der Waals surface area (Å²) in [6, 6.07) is 29.2. The van der Waals surface area contributed by atoms with Crippen molar-refractivity contribution in [3.63, 3.8) is 0 Å². The van der Waals surface area contributed by atoms with Gasteiger partial charge in [-0.25, -0.2) is 4.98 Å². The van der Waals surface area contributed by atoms with E-state index in [2.05, 4.69) is 16.0 Å². The second-order valence-corrected chi connectivity index (χ2v) is 11.1. The number of carbonyl (C=O) groups excluding carboxylic acids is 1. The number of pyridine rings is 1. The van der Waals surface area contributed by atoms with Crippen LogP contribution in [0, 0.1) is 28.7 Å². The summed E-state index contributed by atoms with van der Waals surface area (Å²) in [5, 5.41) is 19.1. The van der Waals surface area contributed by atoms with Crippen LogP contribution in [0.1, 0.15) is 49.5 Å². The number of para-hydroxylation sites is 1. The van der Waals surface area contributed by atoms with Gasteiger partial charge >= 0.3 is 5.97 Å². The number of aliphatic imine (C=N–C) groups is 1. The van der Waals surface area contributed by atoms with Gasteiger partial charge in [-0.15, -0.1) is 0 Å². The largest absolute Gasteiger partial charge is 0.457 e. The van der Waals surface area contributed by atoms with Gasteiger partial charge in [-0.3, -0.25) is 4.79 Å². The third-order valence-corrected chi connectivity index (χ3v) is 7.09. The summed E-state index contributed by atoms with van der Waals surface area (Å²) < 4.78 is 11.4. The number of hydrogen-bond acceptors (Lipinski definition) is 7. The average molecular weight is 643 g/mol. The van der Waals surface area contributed by atoms with Gasteiger partial charge in [-0.1, -0.05) is 85.6 Å². The summed E-state index contributed by atoms with van der Waals surface area (Å²) in [4.78, 5) is 22.4. The van der Waals surface area contributed by atoms with Crippen LogP contribution in [-0.2, 0) is 16.1 Å². The maximum Gasteiger partial charge on any atom is 0.315 e. The van der Waals surface area contributed by atoms with Crippen LogP contribution in [0.25, 0.3) is 0 Å². The van der Waals surface area contributed by atoms with Gasteiger partial charge in [0.2, 0.25) is 12.3 Å². The topological polar surface area (TPSA) is 112 Å². The molecule has 0 bridgehead atoms.